The number of para-hydroxylation sites is 1. The number of methoxy groups -OCH3 is 1. The van der Waals surface area contributed by atoms with Crippen molar-refractivity contribution in [2.75, 3.05) is 30.9 Å². The first-order valence-corrected chi connectivity index (χ1v) is 6.60. The molecule has 0 aliphatic carbocycles. The van der Waals surface area contributed by atoms with Crippen LogP contribution in [-0.4, -0.2) is 30.2 Å². The number of nitrogens with one attached hydrogen (secondary N) is 2. The Morgan fingerprint density at radius 1 is 1.15 bits per heavy atom. The van der Waals surface area contributed by atoms with Crippen LogP contribution < -0.4 is 10.6 Å². The van der Waals surface area contributed by atoms with Crippen molar-refractivity contribution in [3.63, 3.8) is 0 Å². The summed E-state index contributed by atoms with van der Waals surface area (Å²) in [6.07, 6.45) is 0. The van der Waals surface area contributed by atoms with Gasteiger partial charge in [-0.3, -0.25) is 0 Å². The summed E-state index contributed by atoms with van der Waals surface area (Å²) in [6.45, 7) is 5.36. The van der Waals surface area contributed by atoms with Gasteiger partial charge in [-0.1, -0.05) is 18.2 Å². The van der Waals surface area contributed by atoms with E-state index in [1.54, 1.807) is 7.11 Å². The van der Waals surface area contributed by atoms with Gasteiger partial charge < -0.3 is 15.4 Å². The van der Waals surface area contributed by atoms with Gasteiger partial charge in [-0.2, -0.15) is 4.98 Å². The van der Waals surface area contributed by atoms with Gasteiger partial charge in [0.2, 0.25) is 5.95 Å². The fourth-order valence-corrected chi connectivity index (χ4v) is 1.83. The summed E-state index contributed by atoms with van der Waals surface area (Å²) in [5, 5.41) is 6.46. The predicted molar refractivity (Wildman–Crippen MR) is 81.6 cm³/mol. The number of hydrogen-bond donors (Lipinski definition) is 2. The average Bonchev–Trinajstić information content (AvgIpc) is 2.41. The number of hydrogen-bond acceptors (Lipinski definition) is 5. The zero-order valence-electron chi connectivity index (χ0n) is 12.1. The standard InChI is InChI=1S/C15H20N4O/c1-11-6-4-5-7-13(11)18-15-17-12(2)10-14(19-15)16-8-9-20-3/h4-7,10H,8-9H2,1-3H3,(H2,16,17,18,19). The first kappa shape index (κ1) is 14.3. The van der Waals surface area contributed by atoms with Gasteiger partial charge in [-0.05, 0) is 25.5 Å². The zero-order chi connectivity index (χ0) is 14.4. The van der Waals surface area contributed by atoms with E-state index in [1.165, 1.54) is 0 Å². The van der Waals surface area contributed by atoms with Crippen molar-refractivity contribution in [1.29, 1.82) is 0 Å². The molecule has 1 heterocycles. The van der Waals surface area contributed by atoms with E-state index in [4.69, 9.17) is 4.74 Å². The molecule has 1 aromatic carbocycles. The van der Waals surface area contributed by atoms with Gasteiger partial charge in [-0.15, -0.1) is 0 Å². The van der Waals surface area contributed by atoms with Crippen molar-refractivity contribution in [2.24, 2.45) is 0 Å². The summed E-state index contributed by atoms with van der Waals surface area (Å²) < 4.78 is 5.01. The Morgan fingerprint density at radius 3 is 2.70 bits per heavy atom. The number of anilines is 3. The molecule has 20 heavy (non-hydrogen) atoms. The van der Waals surface area contributed by atoms with Crippen molar-refractivity contribution in [3.8, 4) is 0 Å². The van der Waals surface area contributed by atoms with Gasteiger partial charge >= 0.3 is 0 Å². The summed E-state index contributed by atoms with van der Waals surface area (Å²) in [5.74, 6) is 1.39. The first-order valence-electron chi connectivity index (χ1n) is 6.60. The van der Waals surface area contributed by atoms with Crippen molar-refractivity contribution in [2.45, 2.75) is 13.8 Å². The number of aryl methyl sites for hydroxylation is 2. The summed E-state index contributed by atoms with van der Waals surface area (Å²) in [7, 11) is 1.68. The third kappa shape index (κ3) is 3.93. The summed E-state index contributed by atoms with van der Waals surface area (Å²) in [4.78, 5) is 8.86. The first-order chi connectivity index (χ1) is 9.69. The Labute approximate surface area is 119 Å². The molecule has 0 bridgehead atoms. The van der Waals surface area contributed by atoms with Gasteiger partial charge in [0, 0.05) is 31.1 Å². The van der Waals surface area contributed by atoms with Gasteiger partial charge in [0.25, 0.3) is 0 Å². The second-order valence-electron chi connectivity index (χ2n) is 4.58. The molecule has 106 valence electrons. The number of aromatic nitrogens is 2. The molecule has 2 rings (SSSR count). The van der Waals surface area contributed by atoms with Crippen LogP contribution in [0.25, 0.3) is 0 Å². The second-order valence-corrected chi connectivity index (χ2v) is 4.58. The third-order valence-electron chi connectivity index (χ3n) is 2.86. The van der Waals surface area contributed by atoms with Gasteiger partial charge in [0.05, 0.1) is 6.61 Å². The minimum atomic E-state index is 0.596. The molecule has 0 spiro atoms. The quantitative estimate of drug-likeness (QED) is 0.792. The highest BCUT2D eigenvalue weighted by Crippen LogP contribution is 2.18. The van der Waals surface area contributed by atoms with E-state index in [0.29, 0.717) is 12.6 Å². The summed E-state index contributed by atoms with van der Waals surface area (Å²) in [5.41, 5.74) is 3.09. The summed E-state index contributed by atoms with van der Waals surface area (Å²) >= 11 is 0. The van der Waals surface area contributed by atoms with Crippen LogP contribution in [0.1, 0.15) is 11.3 Å². The molecular formula is C15H20N4O. The molecule has 2 aromatic rings. The molecular weight excluding hydrogens is 252 g/mol. The number of rotatable bonds is 6. The summed E-state index contributed by atoms with van der Waals surface area (Å²) in [6, 6.07) is 9.98. The van der Waals surface area contributed by atoms with E-state index < -0.39 is 0 Å². The lowest BCUT2D eigenvalue weighted by Crippen LogP contribution is -2.10. The van der Waals surface area contributed by atoms with E-state index in [-0.39, 0.29) is 0 Å². The van der Waals surface area contributed by atoms with Gasteiger partial charge in [-0.25, -0.2) is 4.98 Å². The van der Waals surface area contributed by atoms with E-state index in [0.717, 1.165) is 29.3 Å². The molecule has 0 fully saturated rings. The molecule has 0 unspecified atom stereocenters. The minimum Gasteiger partial charge on any atom is -0.383 e. The van der Waals surface area contributed by atoms with Crippen LogP contribution in [0.15, 0.2) is 30.3 Å². The Kier molecular flexibility index (Phi) is 4.90. The van der Waals surface area contributed by atoms with E-state index >= 15 is 0 Å². The fraction of sp³-hybridized carbons (Fsp3) is 0.333. The maximum Gasteiger partial charge on any atom is 0.229 e. The molecule has 0 atom stereocenters. The molecule has 0 aliphatic rings. The monoisotopic (exact) mass is 272 g/mol. The molecule has 0 aliphatic heterocycles. The lowest BCUT2D eigenvalue weighted by molar-refractivity contribution is 0.210. The SMILES string of the molecule is COCCNc1cc(C)nc(Nc2ccccc2C)n1. The molecule has 2 N–H and O–H groups in total. The van der Waals surface area contributed by atoms with Crippen LogP contribution in [-0.2, 0) is 4.74 Å². The predicted octanol–water partition coefficient (Wildman–Crippen LogP) is 2.90. The van der Waals surface area contributed by atoms with E-state index in [9.17, 15) is 0 Å². The van der Waals surface area contributed by atoms with Crippen molar-refractivity contribution < 1.29 is 4.74 Å². The van der Waals surface area contributed by atoms with E-state index in [1.807, 2.05) is 31.2 Å². The smallest absolute Gasteiger partial charge is 0.229 e. The van der Waals surface area contributed by atoms with E-state index in [2.05, 4.69) is 33.6 Å². The second kappa shape index (κ2) is 6.86. The van der Waals surface area contributed by atoms with Crippen LogP contribution in [0.5, 0.6) is 0 Å². The van der Waals surface area contributed by atoms with Crippen molar-refractivity contribution in [3.05, 3.63) is 41.6 Å². The Hall–Kier alpha value is -2.14. The topological polar surface area (TPSA) is 59.1 Å². The zero-order valence-corrected chi connectivity index (χ0v) is 12.1. The van der Waals surface area contributed by atoms with Crippen LogP contribution in [0.4, 0.5) is 17.5 Å². The molecule has 0 amide bonds. The van der Waals surface area contributed by atoms with Crippen LogP contribution in [0, 0.1) is 13.8 Å². The molecule has 0 saturated heterocycles. The normalized spacial score (nSPS) is 10.3. The highest BCUT2D eigenvalue weighted by Gasteiger charge is 2.04. The lowest BCUT2D eigenvalue weighted by Gasteiger charge is -2.11. The Morgan fingerprint density at radius 2 is 1.95 bits per heavy atom. The maximum atomic E-state index is 5.01. The Balaban J connectivity index is 2.13. The Bertz CT molecular complexity index is 572. The fourth-order valence-electron chi connectivity index (χ4n) is 1.83. The minimum absolute atomic E-state index is 0.596. The molecule has 0 radical (unpaired) electrons. The van der Waals surface area contributed by atoms with Gasteiger partial charge in [0.15, 0.2) is 0 Å². The molecule has 5 heteroatoms. The van der Waals surface area contributed by atoms with Gasteiger partial charge in [0.1, 0.15) is 5.82 Å². The van der Waals surface area contributed by atoms with Crippen molar-refractivity contribution in [1.82, 2.24) is 9.97 Å². The van der Waals surface area contributed by atoms with Crippen LogP contribution in [0.2, 0.25) is 0 Å². The molecule has 5 nitrogen and oxygen atoms in total. The number of benzene rings is 1. The highest BCUT2D eigenvalue weighted by atomic mass is 16.5. The van der Waals surface area contributed by atoms with Crippen LogP contribution in [0.3, 0.4) is 0 Å². The number of ether oxygens (including phenoxy) is 1. The van der Waals surface area contributed by atoms with Crippen LogP contribution >= 0.6 is 0 Å². The lowest BCUT2D eigenvalue weighted by atomic mass is 10.2. The maximum absolute atomic E-state index is 5.01. The number of nitrogens with zero attached hydrogens (tertiary/aromatic N) is 2. The third-order valence-corrected chi connectivity index (χ3v) is 2.86. The van der Waals surface area contributed by atoms with Crippen molar-refractivity contribution >= 4 is 17.5 Å². The highest BCUT2D eigenvalue weighted by molar-refractivity contribution is 5.59. The largest absolute Gasteiger partial charge is 0.383 e. The molecule has 1 aromatic heterocycles. The molecule has 0 saturated carbocycles. The average molecular weight is 272 g/mol.